The van der Waals surface area contributed by atoms with E-state index < -0.39 is 10.0 Å². The van der Waals surface area contributed by atoms with Crippen molar-refractivity contribution in [2.24, 2.45) is 0 Å². The molecule has 0 aliphatic rings. The molecular weight excluding hydrogens is 292 g/mol. The zero-order valence-electron chi connectivity index (χ0n) is 11.3. The lowest BCUT2D eigenvalue weighted by molar-refractivity contribution is 0.600. The van der Waals surface area contributed by atoms with Crippen molar-refractivity contribution in [2.45, 2.75) is 16.7 Å². The number of sulfonamides is 1. The Balaban J connectivity index is 2.38. The van der Waals surface area contributed by atoms with E-state index in [1.54, 1.807) is 43.0 Å². The lowest BCUT2D eigenvalue weighted by Gasteiger charge is -2.11. The van der Waals surface area contributed by atoms with E-state index in [1.165, 1.54) is 6.07 Å². The second kappa shape index (κ2) is 5.76. The van der Waals surface area contributed by atoms with E-state index in [-0.39, 0.29) is 4.90 Å². The minimum Gasteiger partial charge on any atom is -0.399 e. The number of nitrogens with two attached hydrogens (primary N) is 1. The van der Waals surface area contributed by atoms with Gasteiger partial charge >= 0.3 is 0 Å². The van der Waals surface area contributed by atoms with Gasteiger partial charge < -0.3 is 5.73 Å². The molecule has 0 unspecified atom stereocenters. The summed E-state index contributed by atoms with van der Waals surface area (Å²) in [5, 5.41) is 0. The van der Waals surface area contributed by atoms with Crippen LogP contribution in [-0.2, 0) is 10.0 Å². The van der Waals surface area contributed by atoms with Crippen LogP contribution >= 0.6 is 11.8 Å². The van der Waals surface area contributed by atoms with E-state index in [2.05, 4.69) is 4.72 Å². The first-order chi connectivity index (χ1) is 9.42. The molecule has 0 aliphatic heterocycles. The minimum atomic E-state index is -3.63. The maximum absolute atomic E-state index is 12.4. The molecule has 0 amide bonds. The highest BCUT2D eigenvalue weighted by Gasteiger charge is 2.17. The molecule has 0 aliphatic carbocycles. The van der Waals surface area contributed by atoms with Gasteiger partial charge in [0.15, 0.2) is 0 Å². The number of benzene rings is 2. The van der Waals surface area contributed by atoms with E-state index in [9.17, 15) is 8.42 Å². The molecule has 3 N–H and O–H groups in total. The Labute approximate surface area is 123 Å². The molecule has 2 aromatic carbocycles. The van der Waals surface area contributed by atoms with Gasteiger partial charge in [-0.3, -0.25) is 4.72 Å². The minimum absolute atomic E-state index is 0.201. The summed E-state index contributed by atoms with van der Waals surface area (Å²) in [6.45, 7) is 1.74. The van der Waals surface area contributed by atoms with Gasteiger partial charge in [-0.2, -0.15) is 0 Å². The van der Waals surface area contributed by atoms with Crippen LogP contribution in [0.4, 0.5) is 11.4 Å². The molecule has 0 atom stereocenters. The maximum Gasteiger partial charge on any atom is 0.262 e. The monoisotopic (exact) mass is 308 g/mol. The van der Waals surface area contributed by atoms with Crippen molar-refractivity contribution < 1.29 is 8.42 Å². The number of nitrogen functional groups attached to an aromatic ring is 1. The summed E-state index contributed by atoms with van der Waals surface area (Å²) in [5.74, 6) is 0. The Morgan fingerprint density at radius 2 is 1.90 bits per heavy atom. The largest absolute Gasteiger partial charge is 0.399 e. The van der Waals surface area contributed by atoms with Crippen molar-refractivity contribution in [2.75, 3.05) is 16.7 Å². The molecular formula is C14H16N2O2S2. The highest BCUT2D eigenvalue weighted by molar-refractivity contribution is 7.98. The number of anilines is 2. The summed E-state index contributed by atoms with van der Waals surface area (Å²) in [4.78, 5) is 1.20. The van der Waals surface area contributed by atoms with Crippen molar-refractivity contribution in [3.8, 4) is 0 Å². The topological polar surface area (TPSA) is 72.2 Å². The fourth-order valence-corrected chi connectivity index (χ4v) is 3.59. The van der Waals surface area contributed by atoms with Crippen molar-refractivity contribution >= 4 is 33.2 Å². The van der Waals surface area contributed by atoms with E-state index in [1.807, 2.05) is 18.4 Å². The molecule has 6 heteroatoms. The molecule has 2 aromatic rings. The number of hydrogen-bond acceptors (Lipinski definition) is 4. The lowest BCUT2D eigenvalue weighted by atomic mass is 10.2. The second-order valence-corrected chi connectivity index (χ2v) is 6.89. The molecule has 0 radical (unpaired) electrons. The van der Waals surface area contributed by atoms with Crippen LogP contribution in [-0.4, -0.2) is 14.7 Å². The van der Waals surface area contributed by atoms with Gasteiger partial charge in [-0.25, -0.2) is 8.42 Å². The highest BCUT2D eigenvalue weighted by Crippen LogP contribution is 2.24. The molecule has 0 bridgehead atoms. The van der Waals surface area contributed by atoms with Crippen LogP contribution in [0.5, 0.6) is 0 Å². The Morgan fingerprint density at radius 3 is 2.60 bits per heavy atom. The maximum atomic E-state index is 12.4. The normalized spacial score (nSPS) is 11.3. The summed E-state index contributed by atoms with van der Waals surface area (Å²) in [5.41, 5.74) is 7.29. The fraction of sp³-hybridized carbons (Fsp3) is 0.143. The van der Waals surface area contributed by atoms with Crippen LogP contribution in [0.15, 0.2) is 52.3 Å². The first-order valence-corrected chi connectivity index (χ1v) is 8.66. The number of aryl methyl sites for hydroxylation is 1. The third kappa shape index (κ3) is 3.26. The zero-order valence-corrected chi connectivity index (χ0v) is 12.9. The van der Waals surface area contributed by atoms with Gasteiger partial charge in [-0.15, -0.1) is 11.8 Å². The van der Waals surface area contributed by atoms with Crippen molar-refractivity contribution in [1.82, 2.24) is 0 Å². The second-order valence-electron chi connectivity index (χ2n) is 4.36. The van der Waals surface area contributed by atoms with E-state index >= 15 is 0 Å². The molecule has 0 saturated carbocycles. The summed E-state index contributed by atoms with van der Waals surface area (Å²) >= 11 is 1.56. The molecule has 0 fully saturated rings. The van der Waals surface area contributed by atoms with Crippen LogP contribution < -0.4 is 10.5 Å². The Kier molecular flexibility index (Phi) is 4.25. The Hall–Kier alpha value is -1.66. The van der Waals surface area contributed by atoms with Gasteiger partial charge in [0.2, 0.25) is 0 Å². The van der Waals surface area contributed by atoms with Gasteiger partial charge in [-0.05, 0) is 49.1 Å². The molecule has 106 valence electrons. The van der Waals surface area contributed by atoms with Crippen LogP contribution in [0, 0.1) is 6.92 Å². The van der Waals surface area contributed by atoms with Gasteiger partial charge in [0, 0.05) is 16.3 Å². The van der Waals surface area contributed by atoms with Crippen LogP contribution in [0.25, 0.3) is 0 Å². The van der Waals surface area contributed by atoms with E-state index in [0.717, 1.165) is 4.90 Å². The standard InChI is InChI=1S/C14H16N2O2S2/c1-10-6-7-11(15)8-14(10)20(17,18)16-12-4-3-5-13(9-12)19-2/h3-9,16H,15H2,1-2H3. The third-order valence-corrected chi connectivity index (χ3v) is 5.07. The van der Waals surface area contributed by atoms with E-state index in [4.69, 9.17) is 5.73 Å². The zero-order chi connectivity index (χ0) is 14.8. The molecule has 20 heavy (non-hydrogen) atoms. The molecule has 4 nitrogen and oxygen atoms in total. The Morgan fingerprint density at radius 1 is 1.15 bits per heavy atom. The first kappa shape index (κ1) is 14.7. The van der Waals surface area contributed by atoms with Crippen LogP contribution in [0.1, 0.15) is 5.56 Å². The predicted molar refractivity (Wildman–Crippen MR) is 84.6 cm³/mol. The number of hydrogen-bond donors (Lipinski definition) is 2. The quantitative estimate of drug-likeness (QED) is 0.672. The summed E-state index contributed by atoms with van der Waals surface area (Å²) in [7, 11) is -3.63. The molecule has 0 heterocycles. The van der Waals surface area contributed by atoms with Crippen molar-refractivity contribution in [1.29, 1.82) is 0 Å². The highest BCUT2D eigenvalue weighted by atomic mass is 32.2. The third-order valence-electron chi connectivity index (χ3n) is 2.82. The molecule has 0 spiro atoms. The van der Waals surface area contributed by atoms with Crippen molar-refractivity contribution in [3.63, 3.8) is 0 Å². The number of rotatable bonds is 4. The average molecular weight is 308 g/mol. The van der Waals surface area contributed by atoms with Crippen molar-refractivity contribution in [3.05, 3.63) is 48.0 Å². The predicted octanol–water partition coefficient (Wildman–Crippen LogP) is 3.10. The van der Waals surface area contributed by atoms with E-state index in [0.29, 0.717) is 16.9 Å². The summed E-state index contributed by atoms with van der Waals surface area (Å²) in [6, 6.07) is 12.1. The van der Waals surface area contributed by atoms with Gasteiger partial charge in [0.25, 0.3) is 10.0 Å². The fourth-order valence-electron chi connectivity index (χ4n) is 1.80. The molecule has 2 rings (SSSR count). The molecule has 0 aromatic heterocycles. The van der Waals surface area contributed by atoms with Crippen LogP contribution in [0.3, 0.4) is 0 Å². The first-order valence-electron chi connectivity index (χ1n) is 5.95. The smallest absolute Gasteiger partial charge is 0.262 e. The SMILES string of the molecule is CSc1cccc(NS(=O)(=O)c2cc(N)ccc2C)c1. The van der Waals surface area contributed by atoms with Gasteiger partial charge in [0.05, 0.1) is 4.90 Å². The Bertz CT molecular complexity index is 728. The summed E-state index contributed by atoms with van der Waals surface area (Å²) < 4.78 is 27.4. The van der Waals surface area contributed by atoms with Gasteiger partial charge in [-0.1, -0.05) is 12.1 Å². The lowest BCUT2D eigenvalue weighted by Crippen LogP contribution is -2.14. The number of thioether (sulfide) groups is 1. The molecule has 0 saturated heterocycles. The number of nitrogens with one attached hydrogen (secondary N) is 1. The van der Waals surface area contributed by atoms with Crippen LogP contribution in [0.2, 0.25) is 0 Å². The average Bonchev–Trinajstić information content (AvgIpc) is 2.41. The van der Waals surface area contributed by atoms with Gasteiger partial charge in [0.1, 0.15) is 0 Å². The summed E-state index contributed by atoms with van der Waals surface area (Å²) in [6.07, 6.45) is 1.94.